The first-order chi connectivity index (χ1) is 19.7. The summed E-state index contributed by atoms with van der Waals surface area (Å²) in [5, 5.41) is 8.73. The smallest absolute Gasteiger partial charge is 0.247 e. The van der Waals surface area contributed by atoms with E-state index < -0.39 is 40.6 Å². The highest BCUT2D eigenvalue weighted by Gasteiger charge is 2.69. The number of allylic oxidation sites excluding steroid dienone is 1. The van der Waals surface area contributed by atoms with Crippen LogP contribution in [0.1, 0.15) is 29.2 Å². The number of anilines is 1. The number of fused-ring (bicyclic) bond motifs is 5. The number of aromatic nitrogens is 2. The molecule has 1 aromatic heterocycles. The van der Waals surface area contributed by atoms with Crippen LogP contribution in [0.25, 0.3) is 0 Å². The molecule has 0 radical (unpaired) electrons. The van der Waals surface area contributed by atoms with Crippen molar-refractivity contribution in [1.29, 1.82) is 5.26 Å². The number of benzene rings is 2. The molecule has 208 valence electrons. The Bertz CT molecular complexity index is 1690. The Morgan fingerprint density at radius 2 is 1.88 bits per heavy atom. The van der Waals surface area contributed by atoms with E-state index in [4.69, 9.17) is 15.7 Å². The summed E-state index contributed by atoms with van der Waals surface area (Å²) < 4.78 is 75.7. The van der Waals surface area contributed by atoms with Crippen LogP contribution in [0.2, 0.25) is 0 Å². The lowest BCUT2D eigenvalue weighted by Crippen LogP contribution is -2.28. The van der Waals surface area contributed by atoms with Crippen LogP contribution < -0.4 is 10.5 Å². The third-order valence-corrected chi connectivity index (χ3v) is 7.97. The first-order valence-corrected chi connectivity index (χ1v) is 12.5. The van der Waals surface area contributed by atoms with Crippen molar-refractivity contribution in [2.75, 3.05) is 25.4 Å². The number of rotatable bonds is 4. The minimum atomic E-state index is -1.76. The molecule has 2 aromatic carbocycles. The maximum Gasteiger partial charge on any atom is 0.247 e. The second-order valence-electron chi connectivity index (χ2n) is 10.0. The van der Waals surface area contributed by atoms with Crippen LogP contribution in [0.4, 0.5) is 27.8 Å². The monoisotopic (exact) mass is 566 g/mol. The summed E-state index contributed by atoms with van der Waals surface area (Å²) in [6, 6.07) is 5.07. The summed E-state index contributed by atoms with van der Waals surface area (Å²) in [6.07, 6.45) is 4.36. The van der Waals surface area contributed by atoms with Gasteiger partial charge >= 0.3 is 0 Å². The van der Waals surface area contributed by atoms with E-state index in [0.29, 0.717) is 30.8 Å². The highest BCUT2D eigenvalue weighted by Crippen LogP contribution is 2.70. The number of carbonyl (C=O) groups is 1. The van der Waals surface area contributed by atoms with Gasteiger partial charge in [-0.25, -0.2) is 23.1 Å². The number of hydrogen-bond donors (Lipinski definition) is 1. The van der Waals surface area contributed by atoms with Crippen LogP contribution in [0.5, 0.6) is 11.5 Å². The van der Waals surface area contributed by atoms with Crippen molar-refractivity contribution in [3.8, 4) is 17.6 Å². The van der Waals surface area contributed by atoms with Gasteiger partial charge in [0.1, 0.15) is 23.7 Å². The minimum Gasteiger partial charge on any atom is -0.451 e. The molecule has 6 rings (SSSR count). The number of likely N-dealkylation sites (tertiary alicyclic amines) is 1. The number of ether oxygens (including phenoxy) is 1. The molecule has 1 saturated heterocycles. The molecular weight excluding hydrogens is 547 g/mol. The van der Waals surface area contributed by atoms with Gasteiger partial charge in [0.25, 0.3) is 0 Å². The van der Waals surface area contributed by atoms with E-state index in [1.165, 1.54) is 24.5 Å². The van der Waals surface area contributed by atoms with Gasteiger partial charge in [0, 0.05) is 60.8 Å². The number of nitriles is 1. The third-order valence-electron chi connectivity index (χ3n) is 7.97. The molecule has 13 heteroatoms. The summed E-state index contributed by atoms with van der Waals surface area (Å²) >= 11 is 0. The molecule has 0 bridgehead atoms. The molecule has 1 amide bonds. The van der Waals surface area contributed by atoms with Gasteiger partial charge in [0.05, 0.1) is 23.0 Å². The van der Waals surface area contributed by atoms with E-state index in [-0.39, 0.29) is 52.9 Å². The molecule has 2 fully saturated rings. The quantitative estimate of drug-likeness (QED) is 0.216. The van der Waals surface area contributed by atoms with Crippen LogP contribution in [0.15, 0.2) is 47.7 Å². The molecule has 1 spiro atoms. The van der Waals surface area contributed by atoms with E-state index in [9.17, 15) is 22.4 Å². The van der Waals surface area contributed by atoms with E-state index in [0.717, 1.165) is 12.1 Å². The molecule has 41 heavy (non-hydrogen) atoms. The first-order valence-electron chi connectivity index (χ1n) is 12.5. The van der Waals surface area contributed by atoms with Crippen LogP contribution in [0, 0.1) is 51.8 Å². The Balaban J connectivity index is 1.32. The van der Waals surface area contributed by atoms with Crippen LogP contribution >= 0.6 is 0 Å². The van der Waals surface area contributed by atoms with Crippen LogP contribution in [0.3, 0.4) is 0 Å². The summed E-state index contributed by atoms with van der Waals surface area (Å²) in [5.74, 6) is -9.84. The van der Waals surface area contributed by atoms with Gasteiger partial charge in [-0.3, -0.25) is 9.79 Å². The van der Waals surface area contributed by atoms with E-state index in [1.54, 1.807) is 11.0 Å². The highest BCUT2D eigenvalue weighted by molar-refractivity contribution is 6.16. The average molecular weight is 566 g/mol. The lowest BCUT2D eigenvalue weighted by atomic mass is 9.94. The molecule has 3 aliphatic rings. The first kappa shape index (κ1) is 26.4. The molecule has 3 heterocycles. The van der Waals surface area contributed by atoms with Gasteiger partial charge in [-0.2, -0.15) is 14.0 Å². The molecule has 2 aliphatic heterocycles. The zero-order valence-corrected chi connectivity index (χ0v) is 21.0. The zero-order valence-electron chi connectivity index (χ0n) is 21.0. The van der Waals surface area contributed by atoms with Crippen molar-refractivity contribution in [2.24, 2.45) is 16.3 Å². The molecule has 1 aliphatic carbocycles. The van der Waals surface area contributed by atoms with Gasteiger partial charge in [-0.15, -0.1) is 0 Å². The minimum absolute atomic E-state index is 0.00899. The van der Waals surface area contributed by atoms with Crippen LogP contribution in [-0.2, 0) is 4.79 Å². The fourth-order valence-corrected chi connectivity index (χ4v) is 6.03. The van der Waals surface area contributed by atoms with E-state index in [2.05, 4.69) is 15.0 Å². The molecular formula is C28H19F5N6O2. The number of halogens is 5. The predicted molar refractivity (Wildman–Crippen MR) is 134 cm³/mol. The van der Waals surface area contributed by atoms with Crippen LogP contribution in [-0.4, -0.2) is 46.1 Å². The van der Waals surface area contributed by atoms with Gasteiger partial charge < -0.3 is 15.4 Å². The fraction of sp³-hybridized carbons (Fsp3) is 0.250. The predicted octanol–water partition coefficient (Wildman–Crippen LogP) is 4.41. The molecule has 3 aromatic rings. The highest BCUT2D eigenvalue weighted by atomic mass is 19.2. The standard InChI is InChI=1S/C28H19F5N6O2/c29-16-8-13(41-26-22(32)17(30)9-18(31)23(26)33)3-4-14(16)24-20-25(37-12-38-27(20)35)21-15(10-36-24)28(21)5-7-39(11-28)19(40)2-1-6-34/h1-4,8-9,12,15,21H,5,7,10-11H2,(H2,35,37,38)/b2-1-. The number of amides is 1. The summed E-state index contributed by atoms with van der Waals surface area (Å²) in [6.45, 7) is 1.22. The van der Waals surface area contributed by atoms with Gasteiger partial charge in [0.15, 0.2) is 11.6 Å². The molecule has 8 nitrogen and oxygen atoms in total. The Kier molecular flexibility index (Phi) is 6.21. The number of hydrogen-bond acceptors (Lipinski definition) is 7. The maximum absolute atomic E-state index is 15.4. The summed E-state index contributed by atoms with van der Waals surface area (Å²) in [5.41, 5.74) is 6.99. The van der Waals surface area contributed by atoms with Crippen molar-refractivity contribution in [3.63, 3.8) is 0 Å². The second-order valence-corrected chi connectivity index (χ2v) is 10.0. The Hall–Kier alpha value is -4.86. The van der Waals surface area contributed by atoms with Gasteiger partial charge in [-0.1, -0.05) is 0 Å². The Morgan fingerprint density at radius 3 is 2.59 bits per heavy atom. The molecule has 2 N–H and O–H groups in total. The normalized spacial score (nSPS) is 22.6. The lowest BCUT2D eigenvalue weighted by Gasteiger charge is -2.18. The fourth-order valence-electron chi connectivity index (χ4n) is 6.03. The molecule has 1 saturated carbocycles. The van der Waals surface area contributed by atoms with E-state index >= 15 is 4.39 Å². The zero-order chi connectivity index (χ0) is 29.1. The Morgan fingerprint density at radius 1 is 1.12 bits per heavy atom. The third kappa shape index (κ3) is 4.18. The number of aliphatic imine (C=N–C) groups is 1. The topological polar surface area (TPSA) is 117 Å². The van der Waals surface area contributed by atoms with Crippen molar-refractivity contribution in [3.05, 3.63) is 88.7 Å². The summed E-state index contributed by atoms with van der Waals surface area (Å²) in [4.78, 5) is 27.4. The number of nitrogen functional groups attached to an aromatic ring is 1. The average Bonchev–Trinajstić information content (AvgIpc) is 3.40. The SMILES string of the molecule is N#C/C=C\C(=O)N1CCC2(C1)C1CN=C(c3ccc(Oc4c(F)c(F)cc(F)c4F)cc3F)c3c(N)ncnc3C12. The van der Waals surface area contributed by atoms with Crippen molar-refractivity contribution >= 4 is 17.4 Å². The molecule has 3 unspecified atom stereocenters. The number of carbonyl (C=O) groups excluding carboxylic acids is 1. The summed E-state index contributed by atoms with van der Waals surface area (Å²) in [7, 11) is 0. The van der Waals surface area contributed by atoms with Crippen molar-refractivity contribution in [2.45, 2.75) is 12.3 Å². The largest absolute Gasteiger partial charge is 0.451 e. The lowest BCUT2D eigenvalue weighted by molar-refractivity contribution is -0.125. The maximum atomic E-state index is 15.4. The van der Waals surface area contributed by atoms with E-state index in [1.807, 2.05) is 0 Å². The van der Waals surface area contributed by atoms with Crippen molar-refractivity contribution in [1.82, 2.24) is 14.9 Å². The molecule has 3 atom stereocenters. The van der Waals surface area contributed by atoms with Gasteiger partial charge in [0.2, 0.25) is 23.3 Å². The second kappa shape index (κ2) is 9.65. The Labute approximate surface area is 229 Å². The van der Waals surface area contributed by atoms with Gasteiger partial charge in [-0.05, 0) is 24.5 Å². The number of nitrogens with zero attached hydrogens (tertiary/aromatic N) is 5. The number of nitrogens with two attached hydrogens (primary N) is 1. The van der Waals surface area contributed by atoms with Crippen molar-refractivity contribution < 1.29 is 31.5 Å².